The van der Waals surface area contributed by atoms with Gasteiger partial charge in [0.05, 0.1) is 19.3 Å². The number of hydrogen-bond acceptors (Lipinski definition) is 4. The molecule has 0 atom stereocenters. The van der Waals surface area contributed by atoms with Crippen LogP contribution in [0.3, 0.4) is 0 Å². The Kier molecular flexibility index (Phi) is 8.46. The van der Waals surface area contributed by atoms with Crippen molar-refractivity contribution in [3.63, 3.8) is 0 Å². The molecule has 0 saturated heterocycles. The van der Waals surface area contributed by atoms with Crippen molar-refractivity contribution in [1.82, 2.24) is 10.6 Å². The van der Waals surface area contributed by atoms with Gasteiger partial charge in [0.25, 0.3) is 0 Å². The van der Waals surface area contributed by atoms with E-state index < -0.39 is 0 Å². The van der Waals surface area contributed by atoms with Crippen LogP contribution in [-0.2, 0) is 19.1 Å². The third kappa shape index (κ3) is 9.42. The summed E-state index contributed by atoms with van der Waals surface area (Å²) < 4.78 is 9.83. The van der Waals surface area contributed by atoms with Crippen molar-refractivity contribution < 1.29 is 19.1 Å². The summed E-state index contributed by atoms with van der Waals surface area (Å²) in [5.74, 6) is -0.537. The van der Waals surface area contributed by atoms with Gasteiger partial charge in [0.15, 0.2) is 0 Å². The van der Waals surface area contributed by atoms with E-state index in [9.17, 15) is 9.59 Å². The van der Waals surface area contributed by atoms with Crippen molar-refractivity contribution in [2.75, 3.05) is 33.4 Å². The first-order chi connectivity index (χ1) is 7.56. The molecule has 0 aromatic heterocycles. The van der Waals surface area contributed by atoms with Crippen molar-refractivity contribution in [1.29, 1.82) is 0 Å². The molecule has 0 aliphatic heterocycles. The Bertz CT molecular complexity index is 219. The van der Waals surface area contributed by atoms with Crippen LogP contribution in [0.15, 0.2) is 0 Å². The molecule has 0 rings (SSSR count). The molecule has 0 radical (unpaired) electrons. The molecule has 0 aromatic carbocycles. The van der Waals surface area contributed by atoms with E-state index in [4.69, 9.17) is 9.47 Å². The largest absolute Gasteiger partial charge is 0.383 e. The zero-order valence-electron chi connectivity index (χ0n) is 10.0. The summed E-state index contributed by atoms with van der Waals surface area (Å²) in [7, 11) is 1.55. The average Bonchev–Trinajstić information content (AvgIpc) is 2.24. The molecule has 0 bridgehead atoms. The maximum Gasteiger partial charge on any atom is 0.246 e. The number of amides is 2. The first-order valence-electron chi connectivity index (χ1n) is 5.20. The molecule has 94 valence electrons. The van der Waals surface area contributed by atoms with Crippen LogP contribution in [0.1, 0.15) is 13.8 Å². The molecule has 6 heteroatoms. The molecular formula is C10H20N2O4. The fraction of sp³-hybridized carbons (Fsp3) is 0.800. The van der Waals surface area contributed by atoms with Gasteiger partial charge in [-0.3, -0.25) is 9.59 Å². The second kappa shape index (κ2) is 9.11. The smallest absolute Gasteiger partial charge is 0.246 e. The number of nitrogens with one attached hydrogen (secondary N) is 2. The van der Waals surface area contributed by atoms with E-state index in [0.29, 0.717) is 13.2 Å². The molecule has 2 amide bonds. The van der Waals surface area contributed by atoms with Crippen molar-refractivity contribution in [3.8, 4) is 0 Å². The van der Waals surface area contributed by atoms with Gasteiger partial charge in [-0.2, -0.15) is 0 Å². The monoisotopic (exact) mass is 232 g/mol. The predicted octanol–water partition coefficient (Wildman–Crippen LogP) is -0.710. The molecule has 0 spiro atoms. The molecule has 16 heavy (non-hydrogen) atoms. The van der Waals surface area contributed by atoms with Crippen LogP contribution in [0.25, 0.3) is 0 Å². The summed E-state index contributed by atoms with van der Waals surface area (Å²) in [4.78, 5) is 22.3. The maximum absolute atomic E-state index is 11.1. The molecule has 6 nitrogen and oxygen atoms in total. The zero-order chi connectivity index (χ0) is 12.4. The summed E-state index contributed by atoms with van der Waals surface area (Å²) in [6.45, 7) is 4.51. The molecule has 0 fully saturated rings. The molecule has 2 N–H and O–H groups in total. The van der Waals surface area contributed by atoms with Crippen LogP contribution in [0.5, 0.6) is 0 Å². The molecule has 0 heterocycles. The molecule has 0 aromatic rings. The summed E-state index contributed by atoms with van der Waals surface area (Å²) in [6, 6.07) is 0. The minimum Gasteiger partial charge on any atom is -0.383 e. The summed E-state index contributed by atoms with van der Waals surface area (Å²) in [5, 5.41) is 5.03. The van der Waals surface area contributed by atoms with Crippen molar-refractivity contribution >= 4 is 11.8 Å². The first-order valence-corrected chi connectivity index (χ1v) is 5.20. The fourth-order valence-electron chi connectivity index (χ4n) is 0.827. The number of rotatable bonds is 8. The van der Waals surface area contributed by atoms with Crippen LogP contribution in [0.2, 0.25) is 0 Å². The number of ether oxygens (including phenoxy) is 2. The molecule has 0 saturated carbocycles. The van der Waals surface area contributed by atoms with E-state index in [0.717, 1.165) is 0 Å². The second-order valence-electron chi connectivity index (χ2n) is 3.48. The highest BCUT2D eigenvalue weighted by Crippen LogP contribution is 1.85. The number of carbonyl (C=O) groups excluding carboxylic acids is 2. The Balaban J connectivity index is 3.47. The van der Waals surface area contributed by atoms with Gasteiger partial charge in [0.1, 0.15) is 6.61 Å². The number of methoxy groups -OCH3 is 1. The lowest BCUT2D eigenvalue weighted by Gasteiger charge is -2.08. The van der Waals surface area contributed by atoms with E-state index in [1.165, 1.54) is 0 Å². The minimum atomic E-state index is -0.296. The summed E-state index contributed by atoms with van der Waals surface area (Å²) >= 11 is 0. The van der Waals surface area contributed by atoms with Crippen LogP contribution in [0.4, 0.5) is 0 Å². The lowest BCUT2D eigenvalue weighted by molar-refractivity contribution is -0.130. The van der Waals surface area contributed by atoms with E-state index in [1.807, 2.05) is 13.8 Å². The standard InChI is InChI=1S/C10H20N2O4/c1-8(2)16-7-10(14)12-6-9(13)11-4-5-15-3/h8H,4-7H2,1-3H3,(H,11,13)(H,12,14). The summed E-state index contributed by atoms with van der Waals surface area (Å²) in [6.07, 6.45) is 0.00118. The van der Waals surface area contributed by atoms with Gasteiger partial charge in [0.2, 0.25) is 11.8 Å². The average molecular weight is 232 g/mol. The van der Waals surface area contributed by atoms with E-state index >= 15 is 0 Å². The SMILES string of the molecule is COCCNC(=O)CNC(=O)COC(C)C. The molecule has 0 aliphatic rings. The molecule has 0 unspecified atom stereocenters. The molecular weight excluding hydrogens is 212 g/mol. The highest BCUT2D eigenvalue weighted by Gasteiger charge is 2.05. The van der Waals surface area contributed by atoms with Crippen LogP contribution >= 0.6 is 0 Å². The van der Waals surface area contributed by atoms with Crippen molar-refractivity contribution in [3.05, 3.63) is 0 Å². The minimum absolute atomic E-state index is 0.00118. The van der Waals surface area contributed by atoms with Crippen LogP contribution in [-0.4, -0.2) is 51.3 Å². The van der Waals surface area contributed by atoms with Crippen LogP contribution in [0, 0.1) is 0 Å². The Labute approximate surface area is 95.7 Å². The highest BCUT2D eigenvalue weighted by molar-refractivity contribution is 5.85. The Morgan fingerprint density at radius 2 is 1.88 bits per heavy atom. The Morgan fingerprint density at radius 3 is 2.44 bits per heavy atom. The van der Waals surface area contributed by atoms with Crippen LogP contribution < -0.4 is 10.6 Å². The predicted molar refractivity (Wildman–Crippen MR) is 59.0 cm³/mol. The lowest BCUT2D eigenvalue weighted by atomic mass is 10.5. The Hall–Kier alpha value is -1.14. The van der Waals surface area contributed by atoms with Gasteiger partial charge < -0.3 is 20.1 Å². The number of hydrogen-bond donors (Lipinski definition) is 2. The quantitative estimate of drug-likeness (QED) is 0.542. The van der Waals surface area contributed by atoms with Crippen molar-refractivity contribution in [2.45, 2.75) is 20.0 Å². The zero-order valence-corrected chi connectivity index (χ0v) is 10.0. The lowest BCUT2D eigenvalue weighted by Crippen LogP contribution is -2.39. The number of carbonyl (C=O) groups is 2. The maximum atomic E-state index is 11.1. The van der Waals surface area contributed by atoms with Crippen molar-refractivity contribution in [2.24, 2.45) is 0 Å². The van der Waals surface area contributed by atoms with Gasteiger partial charge in [-0.15, -0.1) is 0 Å². The highest BCUT2D eigenvalue weighted by atomic mass is 16.5. The Morgan fingerprint density at radius 1 is 1.19 bits per heavy atom. The van der Waals surface area contributed by atoms with Gasteiger partial charge in [-0.05, 0) is 13.8 Å². The van der Waals surface area contributed by atoms with Gasteiger partial charge in [-0.25, -0.2) is 0 Å². The van der Waals surface area contributed by atoms with E-state index in [-0.39, 0.29) is 31.1 Å². The van der Waals surface area contributed by atoms with E-state index in [2.05, 4.69) is 10.6 Å². The third-order valence-electron chi connectivity index (χ3n) is 1.62. The fourth-order valence-corrected chi connectivity index (χ4v) is 0.827. The third-order valence-corrected chi connectivity index (χ3v) is 1.62. The van der Waals surface area contributed by atoms with E-state index in [1.54, 1.807) is 7.11 Å². The summed E-state index contributed by atoms with van der Waals surface area (Å²) in [5.41, 5.74) is 0. The topological polar surface area (TPSA) is 76.7 Å². The van der Waals surface area contributed by atoms with Gasteiger partial charge in [0, 0.05) is 13.7 Å². The van der Waals surface area contributed by atoms with Gasteiger partial charge >= 0.3 is 0 Å². The normalized spacial score (nSPS) is 10.2. The van der Waals surface area contributed by atoms with Gasteiger partial charge in [-0.1, -0.05) is 0 Å². The molecule has 0 aliphatic carbocycles. The second-order valence-corrected chi connectivity index (χ2v) is 3.48. The first kappa shape index (κ1) is 14.9.